The van der Waals surface area contributed by atoms with Crippen LogP contribution in [0.3, 0.4) is 0 Å². The highest BCUT2D eigenvalue weighted by molar-refractivity contribution is 7.80. The van der Waals surface area contributed by atoms with Crippen LogP contribution in [0.25, 0.3) is 0 Å². The average molecular weight is 271 g/mol. The van der Waals surface area contributed by atoms with Gasteiger partial charge >= 0.3 is 0 Å². The zero-order chi connectivity index (χ0) is 13.7. The molecule has 0 heterocycles. The van der Waals surface area contributed by atoms with E-state index in [1.807, 2.05) is 50.5 Å². The maximum absolute atomic E-state index is 5.74. The Morgan fingerprint density at radius 3 is 2.32 bits per heavy atom. The first-order valence-electron chi connectivity index (χ1n) is 6.18. The molecule has 0 aliphatic carbocycles. The second-order valence-corrected chi connectivity index (χ2v) is 4.88. The molecule has 2 nitrogen and oxygen atoms in total. The first-order chi connectivity index (χ1) is 9.16. The van der Waals surface area contributed by atoms with Crippen LogP contribution < -0.4 is 4.74 Å². The summed E-state index contributed by atoms with van der Waals surface area (Å²) in [7, 11) is 3.75. The van der Waals surface area contributed by atoms with Gasteiger partial charge in [-0.25, -0.2) is 0 Å². The molecule has 0 saturated heterocycles. The summed E-state index contributed by atoms with van der Waals surface area (Å²) in [6, 6.07) is 18.3. The third-order valence-electron chi connectivity index (χ3n) is 2.77. The molecule has 0 radical (unpaired) electrons. The third-order valence-corrected chi connectivity index (χ3v) is 3.22. The minimum atomic E-state index is 0.473. The molecule has 2 aromatic rings. The lowest BCUT2D eigenvalue weighted by Crippen LogP contribution is -2.25. The normalized spacial score (nSPS) is 10.0. The van der Waals surface area contributed by atoms with Gasteiger partial charge in [-0.1, -0.05) is 48.5 Å². The highest BCUT2D eigenvalue weighted by Crippen LogP contribution is 2.21. The maximum Gasteiger partial charge on any atom is 0.264 e. The van der Waals surface area contributed by atoms with Crippen molar-refractivity contribution in [2.75, 3.05) is 14.1 Å². The molecule has 0 atom stereocenters. The number of ether oxygens (including phenoxy) is 1. The molecular weight excluding hydrogens is 254 g/mol. The Bertz CT molecular complexity index is 552. The molecule has 2 rings (SSSR count). The summed E-state index contributed by atoms with van der Waals surface area (Å²) in [6.07, 6.45) is 0.840. The lowest BCUT2D eigenvalue weighted by atomic mass is 10.0. The average Bonchev–Trinajstić information content (AvgIpc) is 2.42. The molecular formula is C16H17NOS. The van der Waals surface area contributed by atoms with Crippen LogP contribution in [0.5, 0.6) is 5.75 Å². The molecule has 98 valence electrons. The summed E-state index contributed by atoms with van der Waals surface area (Å²) in [5.41, 5.74) is 2.40. The van der Waals surface area contributed by atoms with E-state index in [9.17, 15) is 0 Å². The second-order valence-electron chi connectivity index (χ2n) is 4.53. The van der Waals surface area contributed by atoms with Gasteiger partial charge in [0.15, 0.2) is 0 Å². The Morgan fingerprint density at radius 2 is 1.63 bits per heavy atom. The van der Waals surface area contributed by atoms with E-state index in [0.29, 0.717) is 5.17 Å². The van der Waals surface area contributed by atoms with Gasteiger partial charge in [-0.15, -0.1) is 0 Å². The van der Waals surface area contributed by atoms with Crippen LogP contribution in [0, 0.1) is 0 Å². The molecule has 0 amide bonds. The molecule has 0 bridgehead atoms. The van der Waals surface area contributed by atoms with E-state index in [0.717, 1.165) is 17.7 Å². The molecule has 0 spiro atoms. The van der Waals surface area contributed by atoms with Crippen LogP contribution in [0.2, 0.25) is 0 Å². The van der Waals surface area contributed by atoms with Crippen LogP contribution in [0.15, 0.2) is 54.6 Å². The summed E-state index contributed by atoms with van der Waals surface area (Å²) in [4.78, 5) is 1.79. The number of benzene rings is 2. The fraction of sp³-hybridized carbons (Fsp3) is 0.188. The maximum atomic E-state index is 5.74. The van der Waals surface area contributed by atoms with Gasteiger partial charge in [-0.3, -0.25) is 0 Å². The van der Waals surface area contributed by atoms with Gasteiger partial charge in [-0.05, 0) is 29.4 Å². The summed E-state index contributed by atoms with van der Waals surface area (Å²) in [5.74, 6) is 0.824. The predicted octanol–water partition coefficient (Wildman–Crippen LogP) is 3.50. The van der Waals surface area contributed by atoms with E-state index >= 15 is 0 Å². The van der Waals surface area contributed by atoms with E-state index in [2.05, 4.69) is 18.2 Å². The number of thiocarbonyl (C=S) groups is 1. The van der Waals surface area contributed by atoms with Crippen LogP contribution in [0.1, 0.15) is 11.1 Å². The number of nitrogens with zero attached hydrogens (tertiary/aromatic N) is 1. The van der Waals surface area contributed by atoms with Crippen LogP contribution in [0.4, 0.5) is 0 Å². The minimum absolute atomic E-state index is 0.473. The molecule has 2 aromatic carbocycles. The Morgan fingerprint density at radius 1 is 1.00 bits per heavy atom. The number of hydrogen-bond acceptors (Lipinski definition) is 2. The van der Waals surface area contributed by atoms with Crippen LogP contribution >= 0.6 is 12.2 Å². The Kier molecular flexibility index (Phi) is 4.53. The first-order valence-corrected chi connectivity index (χ1v) is 6.58. The first kappa shape index (κ1) is 13.6. The van der Waals surface area contributed by atoms with Crippen molar-refractivity contribution < 1.29 is 4.74 Å². The largest absolute Gasteiger partial charge is 0.431 e. The molecule has 0 N–H and O–H groups in total. The van der Waals surface area contributed by atoms with Gasteiger partial charge in [0.25, 0.3) is 5.17 Å². The topological polar surface area (TPSA) is 12.5 Å². The van der Waals surface area contributed by atoms with E-state index in [1.165, 1.54) is 5.56 Å². The summed E-state index contributed by atoms with van der Waals surface area (Å²) in [6.45, 7) is 0. The van der Waals surface area contributed by atoms with Crippen molar-refractivity contribution in [2.45, 2.75) is 6.42 Å². The molecule has 0 unspecified atom stereocenters. The van der Waals surface area contributed by atoms with Gasteiger partial charge in [0.05, 0.1) is 0 Å². The number of hydrogen-bond donors (Lipinski definition) is 0. The van der Waals surface area contributed by atoms with Gasteiger partial charge < -0.3 is 9.64 Å². The molecule has 0 aliphatic rings. The molecule has 0 aliphatic heterocycles. The fourth-order valence-electron chi connectivity index (χ4n) is 1.75. The van der Waals surface area contributed by atoms with Crippen LogP contribution in [-0.4, -0.2) is 24.2 Å². The smallest absolute Gasteiger partial charge is 0.264 e. The van der Waals surface area contributed by atoms with Crippen molar-refractivity contribution in [3.63, 3.8) is 0 Å². The van der Waals surface area contributed by atoms with Crippen molar-refractivity contribution in [3.8, 4) is 5.75 Å². The second kappa shape index (κ2) is 6.34. The predicted molar refractivity (Wildman–Crippen MR) is 82.6 cm³/mol. The quantitative estimate of drug-likeness (QED) is 0.793. The lowest BCUT2D eigenvalue weighted by Gasteiger charge is -2.16. The summed E-state index contributed by atoms with van der Waals surface area (Å²) < 4.78 is 5.74. The number of rotatable bonds is 3. The van der Waals surface area contributed by atoms with Crippen LogP contribution in [-0.2, 0) is 6.42 Å². The number of para-hydroxylation sites is 1. The molecule has 19 heavy (non-hydrogen) atoms. The molecule has 0 aromatic heterocycles. The highest BCUT2D eigenvalue weighted by Gasteiger charge is 2.07. The Hall–Kier alpha value is -1.87. The summed E-state index contributed by atoms with van der Waals surface area (Å²) >= 11 is 5.19. The molecule has 0 saturated carbocycles. The lowest BCUT2D eigenvalue weighted by molar-refractivity contribution is 0.446. The summed E-state index contributed by atoms with van der Waals surface area (Å²) in [5, 5.41) is 0.473. The Labute approximate surface area is 119 Å². The van der Waals surface area contributed by atoms with E-state index in [-0.39, 0.29) is 0 Å². The van der Waals surface area contributed by atoms with E-state index in [1.54, 1.807) is 4.90 Å². The van der Waals surface area contributed by atoms with Gasteiger partial charge in [-0.2, -0.15) is 0 Å². The van der Waals surface area contributed by atoms with E-state index in [4.69, 9.17) is 17.0 Å². The third kappa shape index (κ3) is 3.80. The molecule has 0 fully saturated rings. The van der Waals surface area contributed by atoms with Crippen molar-refractivity contribution in [2.24, 2.45) is 0 Å². The van der Waals surface area contributed by atoms with Crippen molar-refractivity contribution in [3.05, 3.63) is 65.7 Å². The Balaban J connectivity index is 2.19. The fourth-order valence-corrected chi connectivity index (χ4v) is 1.84. The van der Waals surface area contributed by atoms with Crippen molar-refractivity contribution in [1.29, 1.82) is 0 Å². The molecule has 3 heteroatoms. The standard InChI is InChI=1S/C16H17NOS/c1-17(2)16(19)18-15-11-7-6-10-14(15)12-13-8-4-3-5-9-13/h3-11H,12H2,1-2H3. The van der Waals surface area contributed by atoms with Gasteiger partial charge in [0.1, 0.15) is 5.75 Å². The SMILES string of the molecule is CN(C)C(=S)Oc1ccccc1Cc1ccccc1. The zero-order valence-corrected chi connectivity index (χ0v) is 12.0. The van der Waals surface area contributed by atoms with Crippen molar-refractivity contribution >= 4 is 17.4 Å². The minimum Gasteiger partial charge on any atom is -0.431 e. The highest BCUT2D eigenvalue weighted by atomic mass is 32.1. The van der Waals surface area contributed by atoms with Gasteiger partial charge in [0, 0.05) is 20.5 Å². The zero-order valence-electron chi connectivity index (χ0n) is 11.2. The van der Waals surface area contributed by atoms with Crippen molar-refractivity contribution in [1.82, 2.24) is 4.90 Å². The van der Waals surface area contributed by atoms with E-state index < -0.39 is 0 Å². The monoisotopic (exact) mass is 271 g/mol. The van der Waals surface area contributed by atoms with Gasteiger partial charge in [0.2, 0.25) is 0 Å².